The average molecular weight is 242 g/mol. The Kier molecular flexibility index (Phi) is 4.57. The highest BCUT2D eigenvalue weighted by Crippen LogP contribution is 2.39. The zero-order valence-corrected chi connectivity index (χ0v) is 11.5. The molecule has 1 aliphatic heterocycles. The van der Waals surface area contributed by atoms with Gasteiger partial charge in [0, 0.05) is 32.7 Å². The molecule has 0 amide bonds. The molecule has 16 heavy (non-hydrogen) atoms. The summed E-state index contributed by atoms with van der Waals surface area (Å²) >= 11 is 4.60. The maximum atomic E-state index is 4.60. The molecule has 1 aliphatic carbocycles. The SMILES string of the molecule is CCN1CCN(CC2(CS)CCCC2)CC1. The van der Waals surface area contributed by atoms with Gasteiger partial charge in [0.05, 0.1) is 0 Å². The third kappa shape index (κ3) is 2.93. The van der Waals surface area contributed by atoms with Crippen LogP contribution in [0.25, 0.3) is 0 Å². The van der Waals surface area contributed by atoms with E-state index in [-0.39, 0.29) is 0 Å². The van der Waals surface area contributed by atoms with E-state index in [4.69, 9.17) is 0 Å². The van der Waals surface area contributed by atoms with Crippen LogP contribution in [0.4, 0.5) is 0 Å². The van der Waals surface area contributed by atoms with E-state index in [0.717, 1.165) is 5.75 Å². The third-order valence-corrected chi connectivity index (χ3v) is 5.14. The van der Waals surface area contributed by atoms with Gasteiger partial charge in [0.1, 0.15) is 0 Å². The van der Waals surface area contributed by atoms with Crippen LogP contribution in [0.3, 0.4) is 0 Å². The van der Waals surface area contributed by atoms with Crippen molar-refractivity contribution >= 4 is 12.6 Å². The largest absolute Gasteiger partial charge is 0.301 e. The van der Waals surface area contributed by atoms with Crippen LogP contribution in [-0.4, -0.2) is 54.8 Å². The minimum Gasteiger partial charge on any atom is -0.301 e. The molecule has 1 heterocycles. The quantitative estimate of drug-likeness (QED) is 0.755. The lowest BCUT2D eigenvalue weighted by Crippen LogP contribution is -2.49. The first-order valence-electron chi connectivity index (χ1n) is 6.83. The number of hydrogen-bond donors (Lipinski definition) is 1. The average Bonchev–Trinajstić information content (AvgIpc) is 2.79. The van der Waals surface area contributed by atoms with Crippen molar-refractivity contribution in [2.75, 3.05) is 45.0 Å². The van der Waals surface area contributed by atoms with Crippen LogP contribution >= 0.6 is 12.6 Å². The van der Waals surface area contributed by atoms with Crippen LogP contribution in [-0.2, 0) is 0 Å². The van der Waals surface area contributed by atoms with Crippen LogP contribution in [0.2, 0.25) is 0 Å². The normalized spacial score (nSPS) is 27.4. The minimum atomic E-state index is 0.553. The van der Waals surface area contributed by atoms with E-state index < -0.39 is 0 Å². The molecular weight excluding hydrogens is 216 g/mol. The lowest BCUT2D eigenvalue weighted by Gasteiger charge is -2.39. The fraction of sp³-hybridized carbons (Fsp3) is 1.00. The molecule has 2 fully saturated rings. The predicted molar refractivity (Wildman–Crippen MR) is 73.3 cm³/mol. The molecule has 2 rings (SSSR count). The van der Waals surface area contributed by atoms with E-state index in [0.29, 0.717) is 5.41 Å². The molecule has 3 heteroatoms. The molecule has 0 aromatic carbocycles. The number of likely N-dealkylation sites (N-methyl/N-ethyl adjacent to an activating group) is 1. The highest BCUT2D eigenvalue weighted by atomic mass is 32.1. The van der Waals surface area contributed by atoms with Crippen LogP contribution in [0.15, 0.2) is 0 Å². The van der Waals surface area contributed by atoms with Crippen molar-refractivity contribution < 1.29 is 0 Å². The Balaban J connectivity index is 1.81. The van der Waals surface area contributed by atoms with Gasteiger partial charge in [-0.1, -0.05) is 19.8 Å². The van der Waals surface area contributed by atoms with Crippen molar-refractivity contribution in [3.8, 4) is 0 Å². The molecule has 0 spiro atoms. The number of hydrogen-bond acceptors (Lipinski definition) is 3. The highest BCUT2D eigenvalue weighted by Gasteiger charge is 2.34. The van der Waals surface area contributed by atoms with Crippen molar-refractivity contribution in [2.45, 2.75) is 32.6 Å². The maximum Gasteiger partial charge on any atom is 0.0110 e. The molecule has 1 saturated carbocycles. The van der Waals surface area contributed by atoms with Gasteiger partial charge in [-0.25, -0.2) is 0 Å². The summed E-state index contributed by atoms with van der Waals surface area (Å²) in [5.41, 5.74) is 0.553. The summed E-state index contributed by atoms with van der Waals surface area (Å²) < 4.78 is 0. The van der Waals surface area contributed by atoms with Gasteiger partial charge < -0.3 is 9.80 Å². The smallest absolute Gasteiger partial charge is 0.0110 e. The van der Waals surface area contributed by atoms with Crippen molar-refractivity contribution in [3.63, 3.8) is 0 Å². The zero-order valence-electron chi connectivity index (χ0n) is 10.6. The monoisotopic (exact) mass is 242 g/mol. The Morgan fingerprint density at radius 2 is 1.56 bits per heavy atom. The van der Waals surface area contributed by atoms with E-state index in [9.17, 15) is 0 Å². The number of rotatable bonds is 4. The molecule has 1 saturated heterocycles. The van der Waals surface area contributed by atoms with Gasteiger partial charge in [0.15, 0.2) is 0 Å². The predicted octanol–water partition coefficient (Wildman–Crippen LogP) is 2.11. The Bertz CT molecular complexity index is 206. The number of nitrogens with zero attached hydrogens (tertiary/aromatic N) is 2. The Morgan fingerprint density at radius 3 is 2.06 bits per heavy atom. The lowest BCUT2D eigenvalue weighted by molar-refractivity contribution is 0.0975. The molecule has 0 N–H and O–H groups in total. The van der Waals surface area contributed by atoms with Crippen molar-refractivity contribution in [1.29, 1.82) is 0 Å². The summed E-state index contributed by atoms with van der Waals surface area (Å²) in [7, 11) is 0. The second kappa shape index (κ2) is 5.74. The summed E-state index contributed by atoms with van der Waals surface area (Å²) in [5, 5.41) is 0. The molecular formula is C13H26N2S. The molecule has 94 valence electrons. The topological polar surface area (TPSA) is 6.48 Å². The Labute approximate surface area is 106 Å². The highest BCUT2D eigenvalue weighted by molar-refractivity contribution is 7.80. The van der Waals surface area contributed by atoms with Gasteiger partial charge in [-0.15, -0.1) is 0 Å². The molecule has 0 aromatic rings. The number of thiol groups is 1. The van der Waals surface area contributed by atoms with Crippen LogP contribution in [0.5, 0.6) is 0 Å². The second-order valence-corrected chi connectivity index (χ2v) is 5.89. The summed E-state index contributed by atoms with van der Waals surface area (Å²) in [5.74, 6) is 1.08. The third-order valence-electron chi connectivity index (χ3n) is 4.47. The molecule has 2 aliphatic rings. The number of piperazine rings is 1. The van der Waals surface area contributed by atoms with Crippen LogP contribution in [0.1, 0.15) is 32.6 Å². The zero-order chi connectivity index (χ0) is 11.4. The van der Waals surface area contributed by atoms with Gasteiger partial charge >= 0.3 is 0 Å². The molecule has 0 bridgehead atoms. The van der Waals surface area contributed by atoms with Gasteiger partial charge in [0.25, 0.3) is 0 Å². The van der Waals surface area contributed by atoms with E-state index in [1.165, 1.54) is 65.0 Å². The molecule has 0 aromatic heterocycles. The van der Waals surface area contributed by atoms with Crippen LogP contribution in [0, 0.1) is 5.41 Å². The maximum absolute atomic E-state index is 4.60. The first kappa shape index (κ1) is 12.7. The van der Waals surface area contributed by atoms with E-state index >= 15 is 0 Å². The van der Waals surface area contributed by atoms with E-state index in [1.54, 1.807) is 0 Å². The summed E-state index contributed by atoms with van der Waals surface area (Å²) in [4.78, 5) is 5.23. The van der Waals surface area contributed by atoms with Crippen LogP contribution < -0.4 is 0 Å². The standard InChI is InChI=1S/C13H26N2S/c1-2-14-7-9-15(10-8-14)11-13(12-16)5-3-4-6-13/h16H,2-12H2,1H3. The molecule has 2 nitrogen and oxygen atoms in total. The fourth-order valence-electron chi connectivity index (χ4n) is 3.23. The first-order valence-corrected chi connectivity index (χ1v) is 7.47. The molecule has 0 atom stereocenters. The van der Waals surface area contributed by atoms with Gasteiger partial charge in [-0.05, 0) is 30.6 Å². The summed E-state index contributed by atoms with van der Waals surface area (Å²) in [6, 6.07) is 0. The van der Waals surface area contributed by atoms with Crippen molar-refractivity contribution in [2.24, 2.45) is 5.41 Å². The lowest BCUT2D eigenvalue weighted by atomic mass is 9.87. The molecule has 0 radical (unpaired) electrons. The van der Waals surface area contributed by atoms with E-state index in [1.807, 2.05) is 0 Å². The van der Waals surface area contributed by atoms with Gasteiger partial charge in [-0.3, -0.25) is 0 Å². The van der Waals surface area contributed by atoms with Crippen molar-refractivity contribution in [1.82, 2.24) is 9.80 Å². The minimum absolute atomic E-state index is 0.553. The van der Waals surface area contributed by atoms with Crippen molar-refractivity contribution in [3.05, 3.63) is 0 Å². The summed E-state index contributed by atoms with van der Waals surface area (Å²) in [6.07, 6.45) is 5.67. The second-order valence-electron chi connectivity index (χ2n) is 5.58. The Hall–Kier alpha value is 0.270. The van der Waals surface area contributed by atoms with Gasteiger partial charge in [-0.2, -0.15) is 12.6 Å². The molecule has 0 unspecified atom stereocenters. The summed E-state index contributed by atoms with van der Waals surface area (Å²) in [6.45, 7) is 9.84. The Morgan fingerprint density at radius 1 is 1.00 bits per heavy atom. The first-order chi connectivity index (χ1) is 7.78. The van der Waals surface area contributed by atoms with E-state index in [2.05, 4.69) is 29.4 Å². The van der Waals surface area contributed by atoms with Gasteiger partial charge in [0.2, 0.25) is 0 Å². The fourth-order valence-corrected chi connectivity index (χ4v) is 3.65.